The van der Waals surface area contributed by atoms with Crippen LogP contribution in [0.2, 0.25) is 4.34 Å². The van der Waals surface area contributed by atoms with E-state index in [-0.39, 0.29) is 23.8 Å². The molecule has 21 heavy (non-hydrogen) atoms. The van der Waals surface area contributed by atoms with Crippen molar-refractivity contribution in [3.05, 3.63) is 21.3 Å². The molecule has 1 saturated heterocycles. The highest BCUT2D eigenvalue weighted by Crippen LogP contribution is 2.32. The van der Waals surface area contributed by atoms with Crippen LogP contribution >= 0.6 is 34.7 Å². The summed E-state index contributed by atoms with van der Waals surface area (Å²) in [6.45, 7) is 0.475. The molecule has 2 fully saturated rings. The van der Waals surface area contributed by atoms with Crippen molar-refractivity contribution >= 4 is 46.5 Å². The number of rotatable bonds is 4. The molecule has 2 aliphatic rings. The molecular weight excluding hydrogens is 328 g/mol. The third-order valence-electron chi connectivity index (χ3n) is 3.99. The molecule has 0 radical (unpaired) electrons. The van der Waals surface area contributed by atoms with E-state index in [1.165, 1.54) is 11.3 Å². The minimum absolute atomic E-state index is 0.0582. The van der Waals surface area contributed by atoms with Crippen molar-refractivity contribution in [2.45, 2.75) is 31.8 Å². The molecule has 1 saturated carbocycles. The van der Waals surface area contributed by atoms with Crippen molar-refractivity contribution in [3.8, 4) is 0 Å². The van der Waals surface area contributed by atoms with Gasteiger partial charge in [0.15, 0.2) is 0 Å². The summed E-state index contributed by atoms with van der Waals surface area (Å²) in [4.78, 5) is 27.4. The molecule has 1 aliphatic carbocycles. The minimum atomic E-state index is -0.321. The summed E-state index contributed by atoms with van der Waals surface area (Å²) in [6.07, 6.45) is 3.08. The zero-order valence-electron chi connectivity index (χ0n) is 11.5. The maximum absolute atomic E-state index is 12.3. The Morgan fingerprint density at radius 3 is 2.81 bits per heavy atom. The van der Waals surface area contributed by atoms with Gasteiger partial charge < -0.3 is 10.2 Å². The van der Waals surface area contributed by atoms with E-state index in [2.05, 4.69) is 5.32 Å². The number of hydrogen-bond donors (Lipinski definition) is 1. The van der Waals surface area contributed by atoms with Gasteiger partial charge in [-0.15, -0.1) is 23.1 Å². The number of carbonyl (C=O) groups excluding carboxylic acids is 2. The fraction of sp³-hybridized carbons (Fsp3) is 0.571. The molecule has 1 unspecified atom stereocenters. The van der Waals surface area contributed by atoms with Crippen LogP contribution in [0.3, 0.4) is 0 Å². The lowest BCUT2D eigenvalue weighted by Crippen LogP contribution is -2.49. The molecule has 0 bridgehead atoms. The van der Waals surface area contributed by atoms with Crippen molar-refractivity contribution in [1.82, 2.24) is 10.2 Å². The Kier molecular flexibility index (Phi) is 4.76. The van der Waals surface area contributed by atoms with E-state index < -0.39 is 0 Å². The van der Waals surface area contributed by atoms with Crippen molar-refractivity contribution in [2.75, 3.05) is 11.6 Å². The van der Waals surface area contributed by atoms with Gasteiger partial charge >= 0.3 is 0 Å². The Hall–Kier alpha value is -0.720. The van der Waals surface area contributed by atoms with Crippen LogP contribution < -0.4 is 5.32 Å². The maximum Gasteiger partial charge on any atom is 0.243 e. The van der Waals surface area contributed by atoms with Crippen molar-refractivity contribution in [2.24, 2.45) is 5.92 Å². The number of thiophene rings is 1. The van der Waals surface area contributed by atoms with Gasteiger partial charge in [0.05, 0.1) is 16.8 Å². The zero-order valence-corrected chi connectivity index (χ0v) is 13.9. The molecule has 1 aromatic heterocycles. The molecule has 0 aromatic carbocycles. The average Bonchev–Trinajstić information content (AvgIpc) is 3.02. The number of carbonyl (C=O) groups is 2. The van der Waals surface area contributed by atoms with Crippen LogP contribution in [0.15, 0.2) is 12.1 Å². The highest BCUT2D eigenvalue weighted by atomic mass is 35.5. The summed E-state index contributed by atoms with van der Waals surface area (Å²) in [6, 6.07) is 3.41. The summed E-state index contributed by atoms with van der Waals surface area (Å²) in [5.74, 6) is 1.58. The van der Waals surface area contributed by atoms with E-state index in [1.54, 1.807) is 16.7 Å². The average molecular weight is 345 g/mol. The molecule has 2 heterocycles. The first-order chi connectivity index (χ1) is 10.1. The predicted molar refractivity (Wildman–Crippen MR) is 86.5 cm³/mol. The summed E-state index contributed by atoms with van der Waals surface area (Å²) in [7, 11) is 0. The Balaban J connectivity index is 1.56. The second-order valence-corrected chi connectivity index (χ2v) is 8.17. The third-order valence-corrected chi connectivity index (χ3v) is 6.23. The van der Waals surface area contributed by atoms with Gasteiger partial charge in [0.1, 0.15) is 6.04 Å². The zero-order chi connectivity index (χ0) is 14.8. The summed E-state index contributed by atoms with van der Waals surface area (Å²) < 4.78 is 0.720. The van der Waals surface area contributed by atoms with Crippen molar-refractivity contribution in [3.63, 3.8) is 0 Å². The van der Waals surface area contributed by atoms with Crippen molar-refractivity contribution < 1.29 is 9.59 Å². The molecule has 1 aliphatic heterocycles. The Bertz CT molecular complexity index is 545. The molecule has 0 spiro atoms. The Labute approximate surface area is 137 Å². The van der Waals surface area contributed by atoms with Crippen LogP contribution in [0.25, 0.3) is 0 Å². The molecule has 3 rings (SSSR count). The van der Waals surface area contributed by atoms with E-state index in [0.717, 1.165) is 28.5 Å². The predicted octanol–water partition coefficient (Wildman–Crippen LogP) is 2.72. The van der Waals surface area contributed by atoms with Gasteiger partial charge in [-0.25, -0.2) is 0 Å². The normalized spacial score (nSPS) is 22.1. The monoisotopic (exact) mass is 344 g/mol. The van der Waals surface area contributed by atoms with Crippen LogP contribution in [0, 0.1) is 5.92 Å². The minimum Gasteiger partial charge on any atom is -0.349 e. The number of nitrogens with one attached hydrogen (secondary N) is 1. The Morgan fingerprint density at radius 2 is 2.19 bits per heavy atom. The van der Waals surface area contributed by atoms with Crippen LogP contribution in [0.5, 0.6) is 0 Å². The quantitative estimate of drug-likeness (QED) is 0.913. The van der Waals surface area contributed by atoms with E-state index in [9.17, 15) is 9.59 Å². The lowest BCUT2D eigenvalue weighted by molar-refractivity contribution is -0.143. The standard InChI is InChI=1S/C14H17ClN2O2S2/c15-12-5-4-10(21-12)6-16-13(18)11-7-20-8-17(11)14(19)9-2-1-3-9/h4-5,9,11H,1-3,6-8H2,(H,16,18). The molecule has 1 atom stereocenters. The lowest BCUT2D eigenvalue weighted by Gasteiger charge is -2.31. The lowest BCUT2D eigenvalue weighted by atomic mass is 9.84. The fourth-order valence-electron chi connectivity index (χ4n) is 2.51. The molecular formula is C14H17ClN2O2S2. The van der Waals surface area contributed by atoms with Crippen LogP contribution in [-0.4, -0.2) is 34.4 Å². The number of hydrogen-bond acceptors (Lipinski definition) is 4. The second kappa shape index (κ2) is 6.58. The Morgan fingerprint density at radius 1 is 1.38 bits per heavy atom. The van der Waals surface area contributed by atoms with Gasteiger partial charge in [-0.05, 0) is 25.0 Å². The first kappa shape index (κ1) is 15.2. The van der Waals surface area contributed by atoms with E-state index >= 15 is 0 Å². The second-order valence-electron chi connectivity index (χ2n) is 5.38. The van der Waals surface area contributed by atoms with Gasteiger partial charge in [-0.2, -0.15) is 0 Å². The molecule has 1 aromatic rings. The number of halogens is 1. The van der Waals surface area contributed by atoms with Crippen LogP contribution in [-0.2, 0) is 16.1 Å². The first-order valence-corrected chi connectivity index (χ1v) is 9.40. The first-order valence-electron chi connectivity index (χ1n) is 7.05. The van der Waals surface area contributed by atoms with Gasteiger partial charge in [-0.3, -0.25) is 9.59 Å². The van der Waals surface area contributed by atoms with E-state index in [0.29, 0.717) is 18.2 Å². The smallest absolute Gasteiger partial charge is 0.243 e. The van der Waals surface area contributed by atoms with Gasteiger partial charge in [0.2, 0.25) is 11.8 Å². The van der Waals surface area contributed by atoms with Crippen LogP contribution in [0.4, 0.5) is 0 Å². The van der Waals surface area contributed by atoms with E-state index in [1.807, 2.05) is 12.1 Å². The number of nitrogens with zero attached hydrogens (tertiary/aromatic N) is 1. The number of thioether (sulfide) groups is 1. The van der Waals surface area contributed by atoms with Gasteiger partial charge in [-0.1, -0.05) is 18.0 Å². The largest absolute Gasteiger partial charge is 0.349 e. The highest BCUT2D eigenvalue weighted by Gasteiger charge is 2.39. The topological polar surface area (TPSA) is 49.4 Å². The molecule has 114 valence electrons. The maximum atomic E-state index is 12.3. The van der Waals surface area contributed by atoms with Gasteiger partial charge in [0.25, 0.3) is 0 Å². The molecule has 1 N–H and O–H groups in total. The van der Waals surface area contributed by atoms with Crippen LogP contribution in [0.1, 0.15) is 24.1 Å². The summed E-state index contributed by atoms with van der Waals surface area (Å²) >= 11 is 8.99. The summed E-state index contributed by atoms with van der Waals surface area (Å²) in [5.41, 5.74) is 0. The molecule has 4 nitrogen and oxygen atoms in total. The SMILES string of the molecule is O=C(NCc1ccc(Cl)s1)C1CSCN1C(=O)C1CCC1. The van der Waals surface area contributed by atoms with Gasteiger partial charge in [0, 0.05) is 16.5 Å². The third kappa shape index (κ3) is 3.38. The highest BCUT2D eigenvalue weighted by molar-refractivity contribution is 7.99. The van der Waals surface area contributed by atoms with E-state index in [4.69, 9.17) is 11.6 Å². The molecule has 2 amide bonds. The fourth-order valence-corrected chi connectivity index (χ4v) is 4.70. The van der Waals surface area contributed by atoms with Crippen molar-refractivity contribution in [1.29, 1.82) is 0 Å². The summed E-state index contributed by atoms with van der Waals surface area (Å²) in [5, 5.41) is 2.92. The number of amides is 2. The molecule has 7 heteroatoms.